The van der Waals surface area contributed by atoms with Crippen LogP contribution in [0.25, 0.3) is 22.4 Å². The quantitative estimate of drug-likeness (QED) is 0.359. The number of nitrogens with zero attached hydrogens (tertiary/aromatic N) is 5. The van der Waals surface area contributed by atoms with Crippen LogP contribution in [0.4, 0.5) is 16.3 Å². The van der Waals surface area contributed by atoms with Gasteiger partial charge in [-0.15, -0.1) is 0 Å². The summed E-state index contributed by atoms with van der Waals surface area (Å²) in [5.41, 5.74) is 2.67. The van der Waals surface area contributed by atoms with E-state index in [0.29, 0.717) is 47.6 Å². The maximum Gasteiger partial charge on any atom is 0.322 e. The van der Waals surface area contributed by atoms with E-state index in [1.165, 1.54) is 0 Å². The molecule has 0 spiro atoms. The van der Waals surface area contributed by atoms with Crippen molar-refractivity contribution >= 4 is 51.8 Å². The number of carbonyl (C=O) groups is 1. The number of rotatable bonds is 5. The van der Waals surface area contributed by atoms with Crippen molar-refractivity contribution in [3.63, 3.8) is 0 Å². The summed E-state index contributed by atoms with van der Waals surface area (Å²) in [7, 11) is 0. The number of hydrogen-bond acceptors (Lipinski definition) is 6. The third kappa shape index (κ3) is 4.90. The molecule has 0 atom stereocenters. The van der Waals surface area contributed by atoms with Gasteiger partial charge in [-0.1, -0.05) is 65.6 Å². The van der Waals surface area contributed by atoms with Crippen LogP contribution in [-0.4, -0.2) is 52.2 Å². The molecular weight excluding hydrogens is 487 g/mol. The molecule has 2 aromatic carbocycles. The number of piperazine rings is 1. The van der Waals surface area contributed by atoms with Crippen LogP contribution in [-0.2, 0) is 6.42 Å². The van der Waals surface area contributed by atoms with E-state index in [4.69, 9.17) is 32.7 Å². The van der Waals surface area contributed by atoms with E-state index in [0.717, 1.165) is 41.1 Å². The van der Waals surface area contributed by atoms with Crippen molar-refractivity contribution in [3.8, 4) is 11.3 Å². The molecule has 35 heavy (non-hydrogen) atoms. The summed E-state index contributed by atoms with van der Waals surface area (Å²) < 4.78 is 5.64. The Balaban J connectivity index is 1.39. The molecule has 2 aromatic heterocycles. The average Bonchev–Trinajstić information content (AvgIpc) is 3.30. The molecule has 180 valence electrons. The molecule has 1 fully saturated rings. The molecule has 5 rings (SSSR count). The molecule has 8 nitrogen and oxygen atoms in total. The molecule has 0 radical (unpaired) electrons. The van der Waals surface area contributed by atoms with Crippen molar-refractivity contribution in [3.05, 3.63) is 64.4 Å². The zero-order chi connectivity index (χ0) is 24.4. The predicted molar refractivity (Wildman–Crippen MR) is 138 cm³/mol. The summed E-state index contributed by atoms with van der Waals surface area (Å²) >= 11 is 12.2. The number of amides is 2. The van der Waals surface area contributed by atoms with Gasteiger partial charge in [0.25, 0.3) is 5.71 Å². The van der Waals surface area contributed by atoms with Gasteiger partial charge in [-0.25, -0.2) is 9.78 Å². The first-order valence-electron chi connectivity index (χ1n) is 11.5. The first-order chi connectivity index (χ1) is 17.0. The van der Waals surface area contributed by atoms with Crippen molar-refractivity contribution in [2.75, 3.05) is 36.4 Å². The van der Waals surface area contributed by atoms with Crippen LogP contribution < -0.4 is 10.2 Å². The van der Waals surface area contributed by atoms with Crippen molar-refractivity contribution in [2.45, 2.75) is 19.8 Å². The van der Waals surface area contributed by atoms with Gasteiger partial charge in [-0.3, -0.25) is 0 Å². The molecule has 1 aliphatic heterocycles. The van der Waals surface area contributed by atoms with Crippen molar-refractivity contribution in [1.82, 2.24) is 20.0 Å². The molecule has 10 heteroatoms. The lowest BCUT2D eigenvalue weighted by atomic mass is 10.1. The predicted octanol–water partition coefficient (Wildman–Crippen LogP) is 5.90. The topological polar surface area (TPSA) is 87.4 Å². The van der Waals surface area contributed by atoms with Crippen LogP contribution >= 0.6 is 23.2 Å². The zero-order valence-corrected chi connectivity index (χ0v) is 20.7. The number of fused-ring (bicyclic) bond motifs is 1. The largest absolute Gasteiger partial charge is 0.352 e. The maximum absolute atomic E-state index is 12.9. The van der Waals surface area contributed by atoms with Crippen molar-refractivity contribution < 1.29 is 9.32 Å². The highest BCUT2D eigenvalue weighted by atomic mass is 35.5. The average molecular weight is 511 g/mol. The number of halogens is 2. The second kappa shape index (κ2) is 10.1. The van der Waals surface area contributed by atoms with E-state index in [1.807, 2.05) is 30.3 Å². The summed E-state index contributed by atoms with van der Waals surface area (Å²) in [6.45, 7) is 4.36. The number of aromatic nitrogens is 3. The Bertz CT molecular complexity index is 1350. The highest BCUT2D eigenvalue weighted by molar-refractivity contribution is 6.36. The lowest BCUT2D eigenvalue weighted by Crippen LogP contribution is -2.50. The van der Waals surface area contributed by atoms with Gasteiger partial charge >= 0.3 is 6.03 Å². The van der Waals surface area contributed by atoms with E-state index >= 15 is 0 Å². The number of hydrogen-bond donors (Lipinski definition) is 1. The zero-order valence-electron chi connectivity index (χ0n) is 19.2. The lowest BCUT2D eigenvalue weighted by molar-refractivity contribution is 0.208. The molecule has 2 amide bonds. The van der Waals surface area contributed by atoms with Crippen LogP contribution in [0.5, 0.6) is 0 Å². The molecule has 3 heterocycles. The number of aryl methyl sites for hydroxylation is 1. The highest BCUT2D eigenvalue weighted by Gasteiger charge is 2.27. The monoisotopic (exact) mass is 510 g/mol. The molecule has 0 unspecified atom stereocenters. The molecule has 0 saturated carbocycles. The third-order valence-electron chi connectivity index (χ3n) is 5.92. The number of anilines is 2. The van der Waals surface area contributed by atoms with Gasteiger partial charge in [0.05, 0.1) is 10.7 Å². The van der Waals surface area contributed by atoms with Crippen LogP contribution in [0, 0.1) is 0 Å². The van der Waals surface area contributed by atoms with Gasteiger partial charge in [-0.05, 0) is 24.6 Å². The Labute approximate surface area is 212 Å². The Morgan fingerprint density at radius 1 is 1.06 bits per heavy atom. The normalized spacial score (nSPS) is 13.9. The van der Waals surface area contributed by atoms with E-state index in [9.17, 15) is 4.79 Å². The summed E-state index contributed by atoms with van der Waals surface area (Å²) in [6.07, 6.45) is 1.67. The lowest BCUT2D eigenvalue weighted by Gasteiger charge is -2.35. The Hall–Kier alpha value is -3.36. The first kappa shape index (κ1) is 23.4. The second-order valence-electron chi connectivity index (χ2n) is 8.32. The summed E-state index contributed by atoms with van der Waals surface area (Å²) in [5, 5.41) is 8.91. The van der Waals surface area contributed by atoms with Crippen LogP contribution in [0.15, 0.2) is 53.1 Å². The second-order valence-corrected chi connectivity index (χ2v) is 9.16. The molecular formula is C25H24Cl2N6O2. The minimum atomic E-state index is -0.205. The van der Waals surface area contributed by atoms with E-state index in [1.54, 1.807) is 23.1 Å². The Kier molecular flexibility index (Phi) is 6.74. The van der Waals surface area contributed by atoms with Crippen molar-refractivity contribution in [2.24, 2.45) is 0 Å². The standard InChI is InChI=1S/C25H24Cl2N6O2/c1-2-6-20-29-23(21-22(31-35-24(21)30-20)16-7-4-3-5-8-16)32-11-13-33(14-12-32)25(34)28-19-10-9-17(26)15-18(19)27/h3-5,7-10,15H,2,6,11-14H2,1H3,(H,28,34). The van der Waals surface area contributed by atoms with Gasteiger partial charge in [-0.2, -0.15) is 4.98 Å². The van der Waals surface area contributed by atoms with Crippen molar-refractivity contribution in [1.29, 1.82) is 0 Å². The molecule has 0 aliphatic carbocycles. The SMILES string of the molecule is CCCc1nc(N2CCN(C(=O)Nc3ccc(Cl)cc3Cl)CC2)c2c(-c3ccccc3)noc2n1. The number of nitrogens with one attached hydrogen (secondary N) is 1. The van der Waals surface area contributed by atoms with E-state index in [-0.39, 0.29) is 6.03 Å². The molecule has 1 aliphatic rings. The Morgan fingerprint density at radius 3 is 2.54 bits per heavy atom. The first-order valence-corrected chi connectivity index (χ1v) is 12.3. The summed E-state index contributed by atoms with van der Waals surface area (Å²) in [5.74, 6) is 1.52. The fraction of sp³-hybridized carbons (Fsp3) is 0.280. The van der Waals surface area contributed by atoms with Crippen LogP contribution in [0.1, 0.15) is 19.2 Å². The summed E-state index contributed by atoms with van der Waals surface area (Å²) in [6, 6.07) is 14.7. The highest BCUT2D eigenvalue weighted by Crippen LogP contribution is 2.34. The summed E-state index contributed by atoms with van der Waals surface area (Å²) in [4.78, 5) is 26.3. The fourth-order valence-electron chi connectivity index (χ4n) is 4.14. The Morgan fingerprint density at radius 2 is 1.83 bits per heavy atom. The van der Waals surface area contributed by atoms with Gasteiger partial charge < -0.3 is 19.6 Å². The molecule has 0 bridgehead atoms. The third-order valence-corrected chi connectivity index (χ3v) is 6.47. The van der Waals surface area contributed by atoms with Gasteiger partial charge in [0.15, 0.2) is 0 Å². The minimum absolute atomic E-state index is 0.205. The minimum Gasteiger partial charge on any atom is -0.352 e. The number of carbonyl (C=O) groups excluding carboxylic acids is 1. The molecule has 1 saturated heterocycles. The molecule has 1 N–H and O–H groups in total. The molecule has 4 aromatic rings. The van der Waals surface area contributed by atoms with Crippen LogP contribution in [0.3, 0.4) is 0 Å². The van der Waals surface area contributed by atoms with E-state index < -0.39 is 0 Å². The van der Waals surface area contributed by atoms with Crippen LogP contribution in [0.2, 0.25) is 10.0 Å². The smallest absolute Gasteiger partial charge is 0.322 e. The maximum atomic E-state index is 12.9. The fourth-order valence-corrected chi connectivity index (χ4v) is 4.60. The van der Waals surface area contributed by atoms with E-state index in [2.05, 4.69) is 27.3 Å². The van der Waals surface area contributed by atoms with Gasteiger partial charge in [0.2, 0.25) is 0 Å². The van der Waals surface area contributed by atoms with Gasteiger partial charge in [0.1, 0.15) is 22.7 Å². The number of benzene rings is 2. The number of urea groups is 1. The van der Waals surface area contributed by atoms with Gasteiger partial charge in [0, 0.05) is 43.2 Å².